The lowest BCUT2D eigenvalue weighted by Crippen LogP contribution is -2.38. The third-order valence-corrected chi connectivity index (χ3v) is 4.92. The average Bonchev–Trinajstić information content (AvgIpc) is 2.75. The fourth-order valence-electron chi connectivity index (χ4n) is 3.44. The zero-order valence-electron chi connectivity index (χ0n) is 16.3. The summed E-state index contributed by atoms with van der Waals surface area (Å²) in [5.41, 5.74) is 3.70. The van der Waals surface area contributed by atoms with Crippen molar-refractivity contribution in [3.05, 3.63) is 108 Å². The van der Waals surface area contributed by atoms with E-state index in [4.69, 9.17) is 4.74 Å². The van der Waals surface area contributed by atoms with E-state index >= 15 is 0 Å². The van der Waals surface area contributed by atoms with Crippen molar-refractivity contribution in [2.24, 2.45) is 0 Å². The topological polar surface area (TPSA) is 29.5 Å². The first kappa shape index (κ1) is 19.8. The van der Waals surface area contributed by atoms with Crippen LogP contribution in [0.3, 0.4) is 0 Å². The number of ether oxygens (including phenoxy) is 1. The molecule has 3 aromatic rings. The van der Waals surface area contributed by atoms with Gasteiger partial charge in [-0.3, -0.25) is 9.69 Å². The summed E-state index contributed by atoms with van der Waals surface area (Å²) >= 11 is 0. The van der Waals surface area contributed by atoms with Crippen molar-refractivity contribution in [2.75, 3.05) is 7.11 Å². The maximum atomic E-state index is 12.2. The molecule has 0 radical (unpaired) electrons. The molecule has 0 unspecified atom stereocenters. The molecule has 1 atom stereocenters. The van der Waals surface area contributed by atoms with Gasteiger partial charge in [0.05, 0.1) is 13.5 Å². The van der Waals surface area contributed by atoms with Crippen LogP contribution >= 0.6 is 0 Å². The molecule has 3 rings (SSSR count). The highest BCUT2D eigenvalue weighted by molar-refractivity contribution is 5.70. The summed E-state index contributed by atoms with van der Waals surface area (Å²) in [4.78, 5) is 14.6. The standard InChI is InChI=1S/C25H27NO2/c1-28-25(27)18-24(17-21-11-5-2-6-12-21)26(19-22-13-7-3-8-14-22)20-23-15-9-4-10-16-23/h2-16,24H,17-20H2,1H3/t24-/m0/s1. The average molecular weight is 373 g/mol. The number of benzene rings is 3. The van der Waals surface area contributed by atoms with Gasteiger partial charge in [-0.25, -0.2) is 0 Å². The number of esters is 1. The van der Waals surface area contributed by atoms with Gasteiger partial charge in [-0.1, -0.05) is 91.0 Å². The molecule has 3 nitrogen and oxygen atoms in total. The molecule has 0 aromatic heterocycles. The van der Waals surface area contributed by atoms with Crippen LogP contribution in [0.2, 0.25) is 0 Å². The third kappa shape index (κ3) is 6.07. The minimum absolute atomic E-state index is 0.0512. The Balaban J connectivity index is 1.87. The van der Waals surface area contributed by atoms with Gasteiger partial charge >= 0.3 is 5.97 Å². The maximum absolute atomic E-state index is 12.2. The number of hydrogen-bond donors (Lipinski definition) is 0. The van der Waals surface area contributed by atoms with Crippen LogP contribution in [0.15, 0.2) is 91.0 Å². The van der Waals surface area contributed by atoms with Crippen molar-refractivity contribution in [1.29, 1.82) is 0 Å². The fourth-order valence-corrected chi connectivity index (χ4v) is 3.44. The van der Waals surface area contributed by atoms with E-state index < -0.39 is 0 Å². The molecular weight excluding hydrogens is 346 g/mol. The lowest BCUT2D eigenvalue weighted by molar-refractivity contribution is -0.142. The molecule has 3 heteroatoms. The van der Waals surface area contributed by atoms with E-state index in [0.717, 1.165) is 19.5 Å². The quantitative estimate of drug-likeness (QED) is 0.502. The number of rotatable bonds is 9. The SMILES string of the molecule is COC(=O)C[C@H](Cc1ccccc1)N(Cc1ccccc1)Cc1ccccc1. The molecule has 0 aliphatic carbocycles. The van der Waals surface area contributed by atoms with Crippen LogP contribution in [-0.4, -0.2) is 24.0 Å². The van der Waals surface area contributed by atoms with E-state index in [2.05, 4.69) is 65.6 Å². The van der Waals surface area contributed by atoms with Gasteiger partial charge in [0, 0.05) is 19.1 Å². The van der Waals surface area contributed by atoms with E-state index in [1.165, 1.54) is 23.8 Å². The molecule has 28 heavy (non-hydrogen) atoms. The van der Waals surface area contributed by atoms with E-state index in [1.807, 2.05) is 30.3 Å². The van der Waals surface area contributed by atoms with E-state index in [0.29, 0.717) is 6.42 Å². The second-order valence-corrected chi connectivity index (χ2v) is 7.00. The number of methoxy groups -OCH3 is 1. The summed E-state index contributed by atoms with van der Waals surface area (Å²) in [6.45, 7) is 1.56. The van der Waals surface area contributed by atoms with Gasteiger partial charge in [0.15, 0.2) is 0 Å². The normalized spacial score (nSPS) is 11.9. The van der Waals surface area contributed by atoms with Crippen molar-refractivity contribution in [2.45, 2.75) is 32.0 Å². The summed E-state index contributed by atoms with van der Waals surface area (Å²) in [6, 6.07) is 31.2. The number of hydrogen-bond acceptors (Lipinski definition) is 3. The molecule has 0 spiro atoms. The summed E-state index contributed by atoms with van der Waals surface area (Å²) in [7, 11) is 1.46. The minimum atomic E-state index is -0.174. The predicted octanol–water partition coefficient (Wildman–Crippen LogP) is 4.86. The van der Waals surface area contributed by atoms with Crippen LogP contribution in [0.1, 0.15) is 23.1 Å². The second kappa shape index (κ2) is 10.4. The van der Waals surface area contributed by atoms with E-state index in [-0.39, 0.29) is 12.0 Å². The lowest BCUT2D eigenvalue weighted by Gasteiger charge is -2.31. The Hall–Kier alpha value is -2.91. The zero-order valence-corrected chi connectivity index (χ0v) is 16.3. The van der Waals surface area contributed by atoms with Crippen LogP contribution < -0.4 is 0 Å². The van der Waals surface area contributed by atoms with Crippen LogP contribution in [-0.2, 0) is 29.0 Å². The van der Waals surface area contributed by atoms with Gasteiger partial charge in [0.1, 0.15) is 0 Å². The molecule has 0 aliphatic rings. The Bertz CT molecular complexity index is 793. The minimum Gasteiger partial charge on any atom is -0.469 e. The van der Waals surface area contributed by atoms with Crippen molar-refractivity contribution in [3.8, 4) is 0 Å². The first-order valence-electron chi connectivity index (χ1n) is 9.67. The third-order valence-electron chi connectivity index (χ3n) is 4.92. The second-order valence-electron chi connectivity index (χ2n) is 7.00. The first-order valence-corrected chi connectivity index (χ1v) is 9.67. The summed E-state index contributed by atoms with van der Waals surface area (Å²) in [5, 5.41) is 0. The Morgan fingerprint density at radius 3 is 1.61 bits per heavy atom. The number of nitrogens with zero attached hydrogens (tertiary/aromatic N) is 1. The molecule has 0 fully saturated rings. The summed E-state index contributed by atoms with van der Waals surface area (Å²) < 4.78 is 5.00. The van der Waals surface area contributed by atoms with Crippen LogP contribution in [0.4, 0.5) is 0 Å². The highest BCUT2D eigenvalue weighted by Gasteiger charge is 2.23. The Morgan fingerprint density at radius 1 is 0.750 bits per heavy atom. The van der Waals surface area contributed by atoms with Crippen molar-refractivity contribution in [1.82, 2.24) is 4.90 Å². The van der Waals surface area contributed by atoms with Gasteiger partial charge in [-0.15, -0.1) is 0 Å². The highest BCUT2D eigenvalue weighted by atomic mass is 16.5. The molecular formula is C25H27NO2. The van der Waals surface area contributed by atoms with Crippen molar-refractivity contribution in [3.63, 3.8) is 0 Å². The molecule has 3 aromatic carbocycles. The van der Waals surface area contributed by atoms with Gasteiger partial charge in [0.25, 0.3) is 0 Å². The molecule has 0 N–H and O–H groups in total. The molecule has 0 saturated heterocycles. The first-order chi connectivity index (χ1) is 13.7. The summed E-state index contributed by atoms with van der Waals surface area (Å²) in [6.07, 6.45) is 1.17. The van der Waals surface area contributed by atoms with Crippen molar-refractivity contribution >= 4 is 5.97 Å². The highest BCUT2D eigenvalue weighted by Crippen LogP contribution is 2.19. The van der Waals surface area contributed by atoms with Gasteiger partial charge < -0.3 is 4.74 Å². The molecule has 0 aliphatic heterocycles. The van der Waals surface area contributed by atoms with Gasteiger partial charge in [-0.2, -0.15) is 0 Å². The zero-order chi connectivity index (χ0) is 19.6. The monoisotopic (exact) mass is 373 g/mol. The Kier molecular flexibility index (Phi) is 7.39. The van der Waals surface area contributed by atoms with E-state index in [9.17, 15) is 4.79 Å². The van der Waals surface area contributed by atoms with Crippen LogP contribution in [0.5, 0.6) is 0 Å². The molecule has 0 amide bonds. The smallest absolute Gasteiger partial charge is 0.307 e. The van der Waals surface area contributed by atoms with Crippen LogP contribution in [0, 0.1) is 0 Å². The molecule has 0 heterocycles. The number of carbonyl (C=O) groups excluding carboxylic acids is 1. The number of carbonyl (C=O) groups is 1. The van der Waals surface area contributed by atoms with Crippen LogP contribution in [0.25, 0.3) is 0 Å². The summed E-state index contributed by atoms with van der Waals surface area (Å²) in [5.74, 6) is -0.174. The van der Waals surface area contributed by atoms with E-state index in [1.54, 1.807) is 0 Å². The Morgan fingerprint density at radius 2 is 1.18 bits per heavy atom. The predicted molar refractivity (Wildman–Crippen MR) is 113 cm³/mol. The molecule has 0 saturated carbocycles. The molecule has 144 valence electrons. The van der Waals surface area contributed by atoms with Gasteiger partial charge in [0.2, 0.25) is 0 Å². The lowest BCUT2D eigenvalue weighted by atomic mass is 10.00. The Labute approximate surface area is 167 Å². The van der Waals surface area contributed by atoms with Gasteiger partial charge in [-0.05, 0) is 23.1 Å². The fraction of sp³-hybridized carbons (Fsp3) is 0.240. The maximum Gasteiger partial charge on any atom is 0.307 e. The molecule has 0 bridgehead atoms. The largest absolute Gasteiger partial charge is 0.469 e. The van der Waals surface area contributed by atoms with Crippen molar-refractivity contribution < 1.29 is 9.53 Å².